The van der Waals surface area contributed by atoms with Crippen LogP contribution in [0.15, 0.2) is 29.3 Å². The smallest absolute Gasteiger partial charge is 0.393 e. The Morgan fingerprint density at radius 2 is 1.89 bits per heavy atom. The molecule has 0 radical (unpaired) electrons. The van der Waals surface area contributed by atoms with Gasteiger partial charge in [0.15, 0.2) is 5.96 Å². The largest absolute Gasteiger partial charge is 0.411 e. The molecule has 1 aliphatic rings. The lowest BCUT2D eigenvalue weighted by Gasteiger charge is -2.17. The van der Waals surface area contributed by atoms with Crippen LogP contribution in [0, 0.1) is 5.92 Å². The number of aliphatic hydroxyl groups excluding tert-OH is 1. The standard InChI is InChI=1S/C19H28F3N3O2/c1-2-23-18(25-11-16-4-3-5-17(16)26)24-10-14-6-8-15(9-7-14)12-27-13-19(20,21)22/h6-9,16-17,26H,2-5,10-13H2,1H3,(H2,23,24,25). The molecule has 1 saturated carbocycles. The fraction of sp³-hybridized carbons (Fsp3) is 0.632. The number of aliphatic imine (C=N–C) groups is 1. The van der Waals surface area contributed by atoms with Crippen LogP contribution in [-0.4, -0.2) is 43.0 Å². The Balaban J connectivity index is 1.81. The molecule has 1 aromatic rings. The number of nitrogens with one attached hydrogen (secondary N) is 2. The number of nitrogens with zero attached hydrogens (tertiary/aromatic N) is 1. The molecule has 2 rings (SSSR count). The molecule has 5 nitrogen and oxygen atoms in total. The SMILES string of the molecule is CCNC(=NCc1ccc(COCC(F)(F)F)cc1)NCC1CCCC1O. The molecule has 27 heavy (non-hydrogen) atoms. The molecule has 3 N–H and O–H groups in total. The number of hydrogen-bond acceptors (Lipinski definition) is 3. The number of rotatable bonds is 8. The Hall–Kier alpha value is -1.80. The second-order valence-corrected chi connectivity index (χ2v) is 6.76. The van der Waals surface area contributed by atoms with E-state index in [0.717, 1.165) is 31.4 Å². The molecule has 8 heteroatoms. The fourth-order valence-electron chi connectivity index (χ4n) is 3.02. The van der Waals surface area contributed by atoms with Crippen molar-refractivity contribution in [3.8, 4) is 0 Å². The van der Waals surface area contributed by atoms with Gasteiger partial charge in [-0.15, -0.1) is 0 Å². The second kappa shape index (κ2) is 10.5. The number of halogens is 3. The molecule has 2 unspecified atom stereocenters. The lowest BCUT2D eigenvalue weighted by atomic mass is 10.1. The normalized spacial score (nSPS) is 20.7. The van der Waals surface area contributed by atoms with E-state index in [-0.39, 0.29) is 18.6 Å². The molecule has 1 aromatic carbocycles. The second-order valence-electron chi connectivity index (χ2n) is 6.76. The molecule has 1 aliphatic carbocycles. The first kappa shape index (κ1) is 21.5. The van der Waals surface area contributed by atoms with Crippen molar-refractivity contribution in [3.63, 3.8) is 0 Å². The average molecular weight is 387 g/mol. The summed E-state index contributed by atoms with van der Waals surface area (Å²) in [5.41, 5.74) is 1.64. The van der Waals surface area contributed by atoms with Crippen LogP contribution in [0.25, 0.3) is 0 Å². The first-order valence-corrected chi connectivity index (χ1v) is 9.30. The highest BCUT2D eigenvalue weighted by atomic mass is 19.4. The van der Waals surface area contributed by atoms with Gasteiger partial charge in [0.25, 0.3) is 0 Å². The number of ether oxygens (including phenoxy) is 1. The summed E-state index contributed by atoms with van der Waals surface area (Å²) in [5.74, 6) is 0.944. The summed E-state index contributed by atoms with van der Waals surface area (Å²) in [6.07, 6.45) is -1.61. The van der Waals surface area contributed by atoms with Crippen LogP contribution < -0.4 is 10.6 Å². The maximum absolute atomic E-state index is 12.1. The summed E-state index contributed by atoms with van der Waals surface area (Å²) in [6.45, 7) is 2.53. The fourth-order valence-corrected chi connectivity index (χ4v) is 3.02. The maximum atomic E-state index is 12.1. The first-order valence-electron chi connectivity index (χ1n) is 9.30. The van der Waals surface area contributed by atoms with Gasteiger partial charge in [-0.3, -0.25) is 0 Å². The summed E-state index contributed by atoms with van der Waals surface area (Å²) in [6, 6.07) is 7.16. The number of benzene rings is 1. The highest BCUT2D eigenvalue weighted by Gasteiger charge is 2.27. The lowest BCUT2D eigenvalue weighted by molar-refractivity contribution is -0.176. The van der Waals surface area contributed by atoms with Gasteiger partial charge in [-0.05, 0) is 30.9 Å². The van der Waals surface area contributed by atoms with Gasteiger partial charge >= 0.3 is 6.18 Å². The number of guanidine groups is 1. The molecule has 1 fully saturated rings. The van der Waals surface area contributed by atoms with E-state index in [0.29, 0.717) is 24.6 Å². The Morgan fingerprint density at radius 3 is 2.48 bits per heavy atom. The Labute approximate surface area is 158 Å². The molecular formula is C19H28F3N3O2. The van der Waals surface area contributed by atoms with Gasteiger partial charge in [0, 0.05) is 19.0 Å². The highest BCUT2D eigenvalue weighted by Crippen LogP contribution is 2.24. The van der Waals surface area contributed by atoms with Crippen molar-refractivity contribution in [1.82, 2.24) is 10.6 Å². The van der Waals surface area contributed by atoms with Crippen LogP contribution in [-0.2, 0) is 17.9 Å². The summed E-state index contributed by atoms with van der Waals surface area (Å²) in [4.78, 5) is 4.53. The minimum atomic E-state index is -4.31. The summed E-state index contributed by atoms with van der Waals surface area (Å²) < 4.78 is 40.9. The predicted molar refractivity (Wildman–Crippen MR) is 98.3 cm³/mol. The molecule has 2 atom stereocenters. The van der Waals surface area contributed by atoms with Gasteiger partial charge < -0.3 is 20.5 Å². The van der Waals surface area contributed by atoms with E-state index in [1.807, 2.05) is 19.1 Å². The van der Waals surface area contributed by atoms with Crippen molar-refractivity contribution in [1.29, 1.82) is 0 Å². The van der Waals surface area contributed by atoms with E-state index >= 15 is 0 Å². The van der Waals surface area contributed by atoms with Gasteiger partial charge in [0.1, 0.15) is 6.61 Å². The van der Waals surface area contributed by atoms with Gasteiger partial charge in [-0.1, -0.05) is 30.7 Å². The monoisotopic (exact) mass is 387 g/mol. The first-order chi connectivity index (χ1) is 12.9. The zero-order chi connectivity index (χ0) is 19.7. The minimum Gasteiger partial charge on any atom is -0.393 e. The topological polar surface area (TPSA) is 65.9 Å². The van der Waals surface area contributed by atoms with Crippen LogP contribution in [0.2, 0.25) is 0 Å². The van der Waals surface area contributed by atoms with Crippen molar-refractivity contribution < 1.29 is 23.0 Å². The zero-order valence-electron chi connectivity index (χ0n) is 15.6. The molecular weight excluding hydrogens is 359 g/mol. The quantitative estimate of drug-likeness (QED) is 0.474. The van der Waals surface area contributed by atoms with Crippen molar-refractivity contribution in [2.24, 2.45) is 10.9 Å². The van der Waals surface area contributed by atoms with Gasteiger partial charge in [0.05, 0.1) is 19.3 Å². The zero-order valence-corrected chi connectivity index (χ0v) is 15.6. The van der Waals surface area contributed by atoms with E-state index in [1.165, 1.54) is 0 Å². The Morgan fingerprint density at radius 1 is 1.19 bits per heavy atom. The van der Waals surface area contributed by atoms with Crippen molar-refractivity contribution in [3.05, 3.63) is 35.4 Å². The number of hydrogen-bond donors (Lipinski definition) is 3. The van der Waals surface area contributed by atoms with Crippen molar-refractivity contribution in [2.75, 3.05) is 19.7 Å². The summed E-state index contributed by atoms with van der Waals surface area (Å²) in [7, 11) is 0. The Bertz CT molecular complexity index is 591. The van der Waals surface area contributed by atoms with Crippen LogP contribution >= 0.6 is 0 Å². The van der Waals surface area contributed by atoms with E-state index in [4.69, 9.17) is 0 Å². The third kappa shape index (κ3) is 8.17. The molecule has 152 valence electrons. The molecule has 0 amide bonds. The molecule has 0 bridgehead atoms. The maximum Gasteiger partial charge on any atom is 0.411 e. The Kier molecular flexibility index (Phi) is 8.37. The third-order valence-corrected chi connectivity index (χ3v) is 4.47. The third-order valence-electron chi connectivity index (χ3n) is 4.47. The van der Waals surface area contributed by atoms with E-state index < -0.39 is 12.8 Å². The average Bonchev–Trinajstić information content (AvgIpc) is 3.02. The van der Waals surface area contributed by atoms with Crippen molar-refractivity contribution >= 4 is 5.96 Å². The minimum absolute atomic E-state index is 0.0725. The molecule has 0 spiro atoms. The van der Waals surface area contributed by atoms with Crippen LogP contribution in [0.5, 0.6) is 0 Å². The van der Waals surface area contributed by atoms with Crippen LogP contribution in [0.3, 0.4) is 0 Å². The van der Waals surface area contributed by atoms with Gasteiger partial charge in [0.2, 0.25) is 0 Å². The van der Waals surface area contributed by atoms with E-state index in [2.05, 4.69) is 20.4 Å². The molecule has 0 saturated heterocycles. The molecule has 0 aromatic heterocycles. The van der Waals surface area contributed by atoms with E-state index in [9.17, 15) is 18.3 Å². The number of alkyl halides is 3. The van der Waals surface area contributed by atoms with Crippen molar-refractivity contribution in [2.45, 2.75) is 51.6 Å². The van der Waals surface area contributed by atoms with Gasteiger partial charge in [-0.2, -0.15) is 13.2 Å². The number of aliphatic hydroxyl groups is 1. The van der Waals surface area contributed by atoms with Crippen LogP contribution in [0.1, 0.15) is 37.3 Å². The summed E-state index contributed by atoms with van der Waals surface area (Å²) >= 11 is 0. The predicted octanol–water partition coefficient (Wildman–Crippen LogP) is 2.98. The lowest BCUT2D eigenvalue weighted by Crippen LogP contribution is -2.41. The molecule has 0 aliphatic heterocycles. The van der Waals surface area contributed by atoms with Gasteiger partial charge in [-0.25, -0.2) is 4.99 Å². The highest BCUT2D eigenvalue weighted by molar-refractivity contribution is 5.79. The van der Waals surface area contributed by atoms with E-state index in [1.54, 1.807) is 12.1 Å². The van der Waals surface area contributed by atoms with Crippen LogP contribution in [0.4, 0.5) is 13.2 Å². The molecule has 0 heterocycles. The summed E-state index contributed by atoms with van der Waals surface area (Å²) in [5, 5.41) is 16.3.